The van der Waals surface area contributed by atoms with Gasteiger partial charge in [-0.2, -0.15) is 5.26 Å². The fraction of sp³-hybridized carbons (Fsp3) is 0.467. The van der Waals surface area contributed by atoms with Gasteiger partial charge in [0.25, 0.3) is 0 Å². The highest BCUT2D eigenvalue weighted by atomic mass is 28.3. The average Bonchev–Trinajstić information content (AvgIpc) is 2.67. The molecule has 20 heavy (non-hydrogen) atoms. The van der Waals surface area contributed by atoms with Crippen molar-refractivity contribution < 1.29 is 9.53 Å². The van der Waals surface area contributed by atoms with Gasteiger partial charge in [-0.1, -0.05) is 19.6 Å². The van der Waals surface area contributed by atoms with Crippen LogP contribution in [0.5, 0.6) is 0 Å². The number of nitrogens with zero attached hydrogens (tertiary/aromatic N) is 2. The van der Waals surface area contributed by atoms with Crippen molar-refractivity contribution in [3.63, 3.8) is 0 Å². The molecule has 108 valence electrons. The molecule has 0 N–H and O–H groups in total. The largest absolute Gasteiger partial charge is 0.443 e. The lowest BCUT2D eigenvalue weighted by molar-refractivity contribution is 0.0537. The topological polar surface area (TPSA) is 55.0 Å². The normalized spacial score (nSPS) is 12.4. The van der Waals surface area contributed by atoms with Crippen molar-refractivity contribution in [2.24, 2.45) is 0 Å². The molecule has 0 aromatic carbocycles. The van der Waals surface area contributed by atoms with Crippen LogP contribution in [0.15, 0.2) is 18.5 Å². The van der Waals surface area contributed by atoms with Crippen LogP contribution < -0.4 is 5.19 Å². The van der Waals surface area contributed by atoms with Crippen LogP contribution in [0.1, 0.15) is 26.3 Å². The van der Waals surface area contributed by atoms with Crippen LogP contribution in [0.25, 0.3) is 6.08 Å². The predicted molar refractivity (Wildman–Crippen MR) is 83.7 cm³/mol. The molecule has 4 nitrogen and oxygen atoms in total. The summed E-state index contributed by atoms with van der Waals surface area (Å²) in [5, 5.41) is 9.80. The van der Waals surface area contributed by atoms with Crippen LogP contribution in [0.2, 0.25) is 19.6 Å². The average molecular weight is 290 g/mol. The molecule has 1 aromatic rings. The molecule has 1 rings (SSSR count). The van der Waals surface area contributed by atoms with E-state index in [2.05, 4.69) is 19.6 Å². The standard InChI is InChI=1S/C15H22N2O2Si/c1-15(2,3)19-14(18)17-10-12(8-7-9-16)13(11-17)20(4,5)6/h7-8,10-11H,1-6H3/b8-7-. The van der Waals surface area contributed by atoms with Crippen LogP contribution in [0.4, 0.5) is 4.79 Å². The van der Waals surface area contributed by atoms with Crippen LogP contribution >= 0.6 is 0 Å². The van der Waals surface area contributed by atoms with Gasteiger partial charge in [0, 0.05) is 18.5 Å². The third-order valence-electron chi connectivity index (χ3n) is 2.61. The summed E-state index contributed by atoms with van der Waals surface area (Å²) in [7, 11) is -1.60. The minimum atomic E-state index is -1.60. The van der Waals surface area contributed by atoms with Gasteiger partial charge in [0.1, 0.15) is 5.60 Å². The van der Waals surface area contributed by atoms with Gasteiger partial charge in [-0.25, -0.2) is 4.79 Å². The van der Waals surface area contributed by atoms with Crippen LogP contribution in [-0.4, -0.2) is 24.3 Å². The van der Waals surface area contributed by atoms with E-state index in [1.807, 2.05) is 33.0 Å². The number of rotatable bonds is 2. The first kappa shape index (κ1) is 16.3. The van der Waals surface area contributed by atoms with Crippen molar-refractivity contribution in [2.75, 3.05) is 0 Å². The van der Waals surface area contributed by atoms with E-state index in [1.165, 1.54) is 10.6 Å². The van der Waals surface area contributed by atoms with Gasteiger partial charge >= 0.3 is 6.09 Å². The monoisotopic (exact) mass is 290 g/mol. The number of allylic oxidation sites excluding steroid dienone is 1. The Kier molecular flexibility index (Phi) is 4.61. The maximum absolute atomic E-state index is 12.1. The third-order valence-corrected chi connectivity index (χ3v) is 4.64. The Balaban J connectivity index is 3.19. The predicted octanol–water partition coefficient (Wildman–Crippen LogP) is 3.35. The van der Waals surface area contributed by atoms with Crippen molar-refractivity contribution in [3.8, 4) is 6.07 Å². The van der Waals surface area contributed by atoms with Gasteiger partial charge < -0.3 is 4.74 Å². The molecule has 0 aliphatic carbocycles. The smallest absolute Gasteiger partial charge is 0.418 e. The molecule has 1 heterocycles. The first-order valence-electron chi connectivity index (χ1n) is 6.56. The summed E-state index contributed by atoms with van der Waals surface area (Å²) in [6, 6.07) is 1.98. The summed E-state index contributed by atoms with van der Waals surface area (Å²) in [5.41, 5.74) is 0.389. The first-order valence-corrected chi connectivity index (χ1v) is 10.1. The number of hydrogen-bond donors (Lipinski definition) is 0. The minimum Gasteiger partial charge on any atom is -0.443 e. The Labute approximate surface area is 121 Å². The number of ether oxygens (including phenoxy) is 1. The lowest BCUT2D eigenvalue weighted by Gasteiger charge is -2.19. The van der Waals surface area contributed by atoms with Gasteiger partial charge in [0.15, 0.2) is 0 Å². The highest BCUT2D eigenvalue weighted by Crippen LogP contribution is 2.13. The molecule has 0 saturated carbocycles. The van der Waals surface area contributed by atoms with E-state index in [4.69, 9.17) is 10.00 Å². The maximum atomic E-state index is 12.1. The second-order valence-corrected chi connectivity index (χ2v) is 11.8. The third kappa shape index (κ3) is 4.39. The van der Waals surface area contributed by atoms with Gasteiger partial charge in [-0.15, -0.1) is 0 Å². The Morgan fingerprint density at radius 2 is 1.95 bits per heavy atom. The van der Waals surface area contributed by atoms with E-state index in [9.17, 15) is 4.79 Å². The zero-order valence-corrected chi connectivity index (χ0v) is 14.0. The fourth-order valence-electron chi connectivity index (χ4n) is 1.78. The summed E-state index contributed by atoms with van der Waals surface area (Å²) in [6.45, 7) is 12.1. The molecule has 0 radical (unpaired) electrons. The summed E-state index contributed by atoms with van der Waals surface area (Å²) >= 11 is 0. The fourth-order valence-corrected chi connectivity index (χ4v) is 3.32. The molecule has 0 spiro atoms. The summed E-state index contributed by atoms with van der Waals surface area (Å²) in [4.78, 5) is 12.1. The number of carbonyl (C=O) groups is 1. The molecule has 0 atom stereocenters. The van der Waals surface area contributed by atoms with E-state index < -0.39 is 19.8 Å². The molecular formula is C15H22N2O2Si. The molecule has 0 aliphatic rings. The second-order valence-electron chi connectivity index (χ2n) is 6.73. The Hall–Kier alpha value is -1.80. The van der Waals surface area contributed by atoms with E-state index in [0.717, 1.165) is 10.8 Å². The van der Waals surface area contributed by atoms with Crippen molar-refractivity contribution in [2.45, 2.75) is 46.0 Å². The van der Waals surface area contributed by atoms with Crippen LogP contribution in [0, 0.1) is 11.3 Å². The highest BCUT2D eigenvalue weighted by Gasteiger charge is 2.24. The quantitative estimate of drug-likeness (QED) is 0.620. The zero-order chi connectivity index (χ0) is 15.6. The van der Waals surface area contributed by atoms with Gasteiger partial charge in [0.2, 0.25) is 0 Å². The maximum Gasteiger partial charge on any atom is 0.418 e. The molecule has 0 bridgehead atoms. The summed E-state index contributed by atoms with van der Waals surface area (Å²) in [5.74, 6) is 0. The van der Waals surface area contributed by atoms with E-state index in [1.54, 1.807) is 12.3 Å². The lowest BCUT2D eigenvalue weighted by atomic mass is 10.2. The molecular weight excluding hydrogens is 268 g/mol. The summed E-state index contributed by atoms with van der Waals surface area (Å²) in [6.07, 6.45) is 6.34. The van der Waals surface area contributed by atoms with Crippen molar-refractivity contribution in [3.05, 3.63) is 24.0 Å². The molecule has 5 heteroatoms. The van der Waals surface area contributed by atoms with Crippen LogP contribution in [-0.2, 0) is 4.74 Å². The van der Waals surface area contributed by atoms with Gasteiger partial charge in [-0.3, -0.25) is 4.57 Å². The number of carbonyl (C=O) groups excluding carboxylic acids is 1. The number of aromatic nitrogens is 1. The Morgan fingerprint density at radius 3 is 2.40 bits per heavy atom. The van der Waals surface area contributed by atoms with E-state index in [-0.39, 0.29) is 0 Å². The molecule has 0 unspecified atom stereocenters. The van der Waals surface area contributed by atoms with Crippen molar-refractivity contribution in [1.82, 2.24) is 4.57 Å². The zero-order valence-electron chi connectivity index (χ0n) is 13.0. The Bertz CT molecular complexity index is 566. The lowest BCUT2D eigenvalue weighted by Crippen LogP contribution is -2.38. The molecule has 0 amide bonds. The molecule has 1 aromatic heterocycles. The minimum absolute atomic E-state index is 0.395. The van der Waals surface area contributed by atoms with E-state index >= 15 is 0 Å². The van der Waals surface area contributed by atoms with Crippen LogP contribution in [0.3, 0.4) is 0 Å². The number of nitriles is 1. The Morgan fingerprint density at radius 1 is 1.35 bits per heavy atom. The van der Waals surface area contributed by atoms with E-state index in [0.29, 0.717) is 0 Å². The second kappa shape index (κ2) is 5.67. The van der Waals surface area contributed by atoms with Crippen molar-refractivity contribution in [1.29, 1.82) is 5.26 Å². The summed E-state index contributed by atoms with van der Waals surface area (Å²) < 4.78 is 6.83. The van der Waals surface area contributed by atoms with Crippen molar-refractivity contribution >= 4 is 25.4 Å². The first-order chi connectivity index (χ1) is 9.04. The molecule has 0 aliphatic heterocycles. The van der Waals surface area contributed by atoms with Gasteiger partial charge in [-0.05, 0) is 37.6 Å². The molecule has 0 saturated heterocycles. The number of hydrogen-bond acceptors (Lipinski definition) is 3. The molecule has 0 fully saturated rings. The highest BCUT2D eigenvalue weighted by molar-refractivity contribution is 6.89. The van der Waals surface area contributed by atoms with Gasteiger partial charge in [0.05, 0.1) is 14.1 Å². The SMILES string of the molecule is CC(C)(C)OC(=O)n1cc(/C=C\C#N)c([Si](C)(C)C)c1.